The molecule has 2 saturated heterocycles. The number of piperidine rings is 1. The van der Waals surface area contributed by atoms with Gasteiger partial charge in [-0.05, 0) is 44.2 Å². The molecule has 1 unspecified atom stereocenters. The van der Waals surface area contributed by atoms with Crippen molar-refractivity contribution in [3.63, 3.8) is 0 Å². The molecule has 0 aromatic rings. The Hall–Kier alpha value is 0.180. The maximum absolute atomic E-state index is 12.5. The first-order chi connectivity index (χ1) is 9.13. The van der Waals surface area contributed by atoms with Crippen LogP contribution in [0.2, 0.25) is 0 Å². The van der Waals surface area contributed by atoms with Gasteiger partial charge in [0.25, 0.3) is 10.2 Å². The van der Waals surface area contributed by atoms with Crippen molar-refractivity contribution >= 4 is 22.0 Å². The maximum atomic E-state index is 12.5. The number of hydrogen-bond acceptors (Lipinski definition) is 4. The number of nitrogens with zero attached hydrogens (tertiary/aromatic N) is 1. The Morgan fingerprint density at radius 2 is 1.95 bits per heavy atom. The first-order valence-electron chi connectivity index (χ1n) is 7.15. The number of likely N-dealkylation sites (N-methyl/N-ethyl adjacent to an activating group) is 1. The van der Waals surface area contributed by atoms with Crippen LogP contribution in [0.25, 0.3) is 0 Å². The Balaban J connectivity index is 1.99. The molecule has 112 valence electrons. The average Bonchev–Trinajstić information content (AvgIpc) is 2.40. The molecule has 0 spiro atoms. The average molecular weight is 307 g/mol. The van der Waals surface area contributed by atoms with Gasteiger partial charge in [0.05, 0.1) is 0 Å². The zero-order valence-electron chi connectivity index (χ0n) is 11.6. The third kappa shape index (κ3) is 4.32. The molecule has 0 saturated carbocycles. The van der Waals surface area contributed by atoms with E-state index in [-0.39, 0.29) is 12.1 Å². The Bertz CT molecular complexity index is 367. The first-order valence-corrected chi connectivity index (χ1v) is 9.74. The van der Waals surface area contributed by atoms with Crippen LogP contribution in [0.15, 0.2) is 0 Å². The van der Waals surface area contributed by atoms with Gasteiger partial charge in [-0.25, -0.2) is 0 Å². The Kier molecular flexibility index (Phi) is 5.95. The van der Waals surface area contributed by atoms with E-state index in [1.165, 1.54) is 0 Å². The highest BCUT2D eigenvalue weighted by molar-refractivity contribution is 7.99. The van der Waals surface area contributed by atoms with E-state index < -0.39 is 10.2 Å². The van der Waals surface area contributed by atoms with Crippen molar-refractivity contribution in [2.45, 2.75) is 44.2 Å². The normalized spacial score (nSPS) is 27.5. The Morgan fingerprint density at radius 3 is 2.63 bits per heavy atom. The van der Waals surface area contributed by atoms with Crippen LogP contribution >= 0.6 is 11.8 Å². The second-order valence-corrected chi connectivity index (χ2v) is 8.21. The molecule has 0 radical (unpaired) electrons. The first kappa shape index (κ1) is 15.6. The summed E-state index contributed by atoms with van der Waals surface area (Å²) in [6, 6.07) is 0.234. The third-order valence-corrected chi connectivity index (χ3v) is 6.64. The van der Waals surface area contributed by atoms with Crippen LogP contribution in [0.4, 0.5) is 0 Å². The molecule has 2 N–H and O–H groups in total. The molecule has 0 amide bonds. The largest absolute Gasteiger partial charge is 0.318 e. The van der Waals surface area contributed by atoms with Crippen LogP contribution < -0.4 is 10.0 Å². The molecule has 2 fully saturated rings. The summed E-state index contributed by atoms with van der Waals surface area (Å²) in [6.45, 7) is 1.39. The lowest BCUT2D eigenvalue weighted by Crippen LogP contribution is -2.54. The maximum Gasteiger partial charge on any atom is 0.279 e. The second-order valence-electron chi connectivity index (χ2n) is 5.33. The fraction of sp³-hybridized carbons (Fsp3) is 1.00. The SMILES string of the molecule is CNCC1CCCCN1S(=O)(=O)NC1CCSCC1. The number of rotatable bonds is 5. The van der Waals surface area contributed by atoms with E-state index in [9.17, 15) is 8.42 Å². The quantitative estimate of drug-likeness (QED) is 0.788. The molecule has 0 aliphatic carbocycles. The highest BCUT2D eigenvalue weighted by Crippen LogP contribution is 2.22. The van der Waals surface area contributed by atoms with Crippen LogP contribution in [-0.4, -0.2) is 56.4 Å². The molecule has 0 aromatic heterocycles. The smallest absolute Gasteiger partial charge is 0.279 e. The monoisotopic (exact) mass is 307 g/mol. The number of nitrogens with one attached hydrogen (secondary N) is 2. The van der Waals surface area contributed by atoms with Gasteiger partial charge >= 0.3 is 0 Å². The molecule has 7 heteroatoms. The van der Waals surface area contributed by atoms with Gasteiger partial charge in [0, 0.05) is 25.2 Å². The van der Waals surface area contributed by atoms with Gasteiger partial charge in [0.15, 0.2) is 0 Å². The van der Waals surface area contributed by atoms with Crippen molar-refractivity contribution in [2.75, 3.05) is 31.6 Å². The van der Waals surface area contributed by atoms with Crippen LogP contribution in [0, 0.1) is 0 Å². The van der Waals surface area contributed by atoms with Gasteiger partial charge in [-0.3, -0.25) is 0 Å². The minimum Gasteiger partial charge on any atom is -0.318 e. The second kappa shape index (κ2) is 7.26. The fourth-order valence-electron chi connectivity index (χ4n) is 2.82. The molecule has 5 nitrogen and oxygen atoms in total. The Labute approximate surface area is 121 Å². The van der Waals surface area contributed by atoms with Crippen molar-refractivity contribution in [2.24, 2.45) is 0 Å². The fourth-order valence-corrected chi connectivity index (χ4v) is 5.66. The third-order valence-electron chi connectivity index (χ3n) is 3.86. The van der Waals surface area contributed by atoms with Gasteiger partial charge in [-0.15, -0.1) is 0 Å². The summed E-state index contributed by atoms with van der Waals surface area (Å²) in [4.78, 5) is 0. The molecular weight excluding hydrogens is 282 g/mol. The van der Waals surface area contributed by atoms with Crippen molar-refractivity contribution in [3.05, 3.63) is 0 Å². The molecule has 2 aliphatic rings. The summed E-state index contributed by atoms with van der Waals surface area (Å²) in [6.07, 6.45) is 4.96. The molecule has 0 bridgehead atoms. The molecule has 2 heterocycles. The standard InChI is InChI=1S/C12H25N3O2S2/c1-13-10-12-4-2-3-7-15(12)19(16,17)14-11-5-8-18-9-6-11/h11-14H,2-10H2,1H3. The minimum absolute atomic E-state index is 0.106. The zero-order chi connectivity index (χ0) is 13.7. The van der Waals surface area contributed by atoms with E-state index >= 15 is 0 Å². The molecular formula is C12H25N3O2S2. The van der Waals surface area contributed by atoms with Gasteiger partial charge in [0.1, 0.15) is 0 Å². The lowest BCUT2D eigenvalue weighted by atomic mass is 10.1. The number of thioether (sulfide) groups is 1. The summed E-state index contributed by atoms with van der Waals surface area (Å²) < 4.78 is 29.6. The highest BCUT2D eigenvalue weighted by atomic mass is 32.2. The minimum atomic E-state index is -3.32. The predicted octanol–water partition coefficient (Wildman–Crippen LogP) is 0.790. The van der Waals surface area contributed by atoms with Crippen molar-refractivity contribution in [1.29, 1.82) is 0 Å². The molecule has 2 aliphatic heterocycles. The molecule has 2 rings (SSSR count). The summed E-state index contributed by atoms with van der Waals surface area (Å²) in [5, 5.41) is 3.11. The van der Waals surface area contributed by atoms with E-state index in [4.69, 9.17) is 0 Å². The summed E-state index contributed by atoms with van der Waals surface area (Å²) in [5.41, 5.74) is 0. The highest BCUT2D eigenvalue weighted by Gasteiger charge is 2.33. The summed E-state index contributed by atoms with van der Waals surface area (Å²) in [5.74, 6) is 2.13. The lowest BCUT2D eigenvalue weighted by molar-refractivity contribution is 0.244. The van der Waals surface area contributed by atoms with E-state index in [0.717, 1.165) is 50.2 Å². The van der Waals surface area contributed by atoms with Crippen LogP contribution in [-0.2, 0) is 10.2 Å². The van der Waals surface area contributed by atoms with Crippen molar-refractivity contribution < 1.29 is 8.42 Å². The summed E-state index contributed by atoms with van der Waals surface area (Å²) in [7, 11) is -1.44. The van der Waals surface area contributed by atoms with Gasteiger partial charge in [-0.2, -0.15) is 29.2 Å². The Morgan fingerprint density at radius 1 is 1.21 bits per heavy atom. The van der Waals surface area contributed by atoms with Crippen LogP contribution in [0.3, 0.4) is 0 Å². The van der Waals surface area contributed by atoms with E-state index in [0.29, 0.717) is 6.54 Å². The topological polar surface area (TPSA) is 61.4 Å². The lowest BCUT2D eigenvalue weighted by Gasteiger charge is -2.36. The molecule has 19 heavy (non-hydrogen) atoms. The van der Waals surface area contributed by atoms with Crippen LogP contribution in [0.5, 0.6) is 0 Å². The van der Waals surface area contributed by atoms with Crippen LogP contribution in [0.1, 0.15) is 32.1 Å². The van der Waals surface area contributed by atoms with Gasteiger partial charge in [0.2, 0.25) is 0 Å². The molecule has 1 atom stereocenters. The van der Waals surface area contributed by atoms with E-state index in [2.05, 4.69) is 10.0 Å². The van der Waals surface area contributed by atoms with Crippen molar-refractivity contribution in [3.8, 4) is 0 Å². The van der Waals surface area contributed by atoms with Crippen molar-refractivity contribution in [1.82, 2.24) is 14.3 Å². The zero-order valence-corrected chi connectivity index (χ0v) is 13.2. The van der Waals surface area contributed by atoms with E-state index in [1.54, 1.807) is 4.31 Å². The predicted molar refractivity (Wildman–Crippen MR) is 80.7 cm³/mol. The van der Waals surface area contributed by atoms with Gasteiger partial charge in [-0.1, -0.05) is 6.42 Å². The number of hydrogen-bond donors (Lipinski definition) is 2. The summed E-state index contributed by atoms with van der Waals surface area (Å²) >= 11 is 1.91. The van der Waals surface area contributed by atoms with E-state index in [1.807, 2.05) is 18.8 Å². The van der Waals surface area contributed by atoms with Gasteiger partial charge < -0.3 is 5.32 Å². The molecule has 0 aromatic carbocycles.